The topological polar surface area (TPSA) is 69.1 Å². The molecule has 106 valence electrons. The van der Waals surface area contributed by atoms with Crippen LogP contribution in [0.15, 0.2) is 23.9 Å². The van der Waals surface area contributed by atoms with Crippen molar-refractivity contribution in [3.63, 3.8) is 0 Å². The summed E-state index contributed by atoms with van der Waals surface area (Å²) in [5.41, 5.74) is 13.6. The molecule has 0 unspecified atom stereocenters. The first-order valence-corrected chi connectivity index (χ1v) is 6.41. The van der Waals surface area contributed by atoms with Crippen molar-refractivity contribution in [3.05, 3.63) is 40.8 Å². The lowest BCUT2D eigenvalue weighted by atomic mass is 10.0. The third kappa shape index (κ3) is 6.04. The second-order valence-corrected chi connectivity index (χ2v) is 4.13. The molecular formula is C15H23FN2O. The van der Waals surface area contributed by atoms with Gasteiger partial charge in [-0.1, -0.05) is 13.8 Å². The normalized spacial score (nSPS) is 10.7. The molecule has 0 aliphatic carbocycles. The second-order valence-electron chi connectivity index (χ2n) is 4.13. The fourth-order valence-corrected chi connectivity index (χ4v) is 1.54. The summed E-state index contributed by atoms with van der Waals surface area (Å²) < 4.78 is 13.6. The van der Waals surface area contributed by atoms with Crippen molar-refractivity contribution in [2.24, 2.45) is 5.73 Å². The number of aryl methyl sites for hydroxylation is 2. The van der Waals surface area contributed by atoms with Crippen LogP contribution in [0.3, 0.4) is 0 Å². The van der Waals surface area contributed by atoms with E-state index in [9.17, 15) is 9.18 Å². The largest absolute Gasteiger partial charge is 0.402 e. The Bertz CT molecular complexity index is 467. The van der Waals surface area contributed by atoms with Gasteiger partial charge in [-0.05, 0) is 56.0 Å². The van der Waals surface area contributed by atoms with Crippen LogP contribution in [-0.2, 0) is 11.2 Å². The molecule has 0 fully saturated rings. The highest BCUT2D eigenvalue weighted by Gasteiger charge is 2.06. The van der Waals surface area contributed by atoms with Crippen LogP contribution in [0.4, 0.5) is 10.1 Å². The van der Waals surface area contributed by atoms with E-state index in [4.69, 9.17) is 11.5 Å². The molecule has 3 nitrogen and oxygen atoms in total. The van der Waals surface area contributed by atoms with E-state index in [1.54, 1.807) is 13.0 Å². The SMILES string of the molecule is CC.CC(=O)/C=C(\N)CCc1cc(N)c(C)cc1F. The van der Waals surface area contributed by atoms with Gasteiger partial charge in [-0.15, -0.1) is 0 Å². The monoisotopic (exact) mass is 266 g/mol. The quantitative estimate of drug-likeness (QED) is 0.650. The van der Waals surface area contributed by atoms with E-state index in [2.05, 4.69) is 0 Å². The molecule has 4 heteroatoms. The molecule has 1 aromatic carbocycles. The molecule has 1 rings (SSSR count). The minimum atomic E-state index is -0.285. The van der Waals surface area contributed by atoms with Crippen molar-refractivity contribution in [3.8, 4) is 0 Å². The van der Waals surface area contributed by atoms with Crippen molar-refractivity contribution in [2.45, 2.75) is 40.5 Å². The summed E-state index contributed by atoms with van der Waals surface area (Å²) >= 11 is 0. The number of halogens is 1. The van der Waals surface area contributed by atoms with Crippen LogP contribution in [0.25, 0.3) is 0 Å². The Balaban J connectivity index is 0.00000154. The molecule has 0 amide bonds. The molecule has 0 bridgehead atoms. The van der Waals surface area contributed by atoms with E-state index < -0.39 is 0 Å². The summed E-state index contributed by atoms with van der Waals surface area (Å²) in [7, 11) is 0. The van der Waals surface area contributed by atoms with Gasteiger partial charge >= 0.3 is 0 Å². The highest BCUT2D eigenvalue weighted by atomic mass is 19.1. The van der Waals surface area contributed by atoms with Gasteiger partial charge in [0.05, 0.1) is 0 Å². The predicted octanol–water partition coefficient (Wildman–Crippen LogP) is 3.11. The number of allylic oxidation sites excluding steroid dienone is 2. The average Bonchev–Trinajstić information content (AvgIpc) is 2.34. The Morgan fingerprint density at radius 1 is 1.37 bits per heavy atom. The molecule has 0 heterocycles. The number of hydrogen-bond acceptors (Lipinski definition) is 3. The van der Waals surface area contributed by atoms with Gasteiger partial charge in [-0.2, -0.15) is 0 Å². The van der Waals surface area contributed by atoms with Gasteiger partial charge < -0.3 is 11.5 Å². The lowest BCUT2D eigenvalue weighted by Gasteiger charge is -2.07. The van der Waals surface area contributed by atoms with Crippen molar-refractivity contribution in [1.29, 1.82) is 0 Å². The first kappa shape index (κ1) is 17.2. The Kier molecular flexibility index (Phi) is 7.49. The lowest BCUT2D eigenvalue weighted by Crippen LogP contribution is -2.04. The minimum absolute atomic E-state index is 0.105. The summed E-state index contributed by atoms with van der Waals surface area (Å²) in [5.74, 6) is -0.390. The maximum absolute atomic E-state index is 13.6. The lowest BCUT2D eigenvalue weighted by molar-refractivity contribution is -0.112. The summed E-state index contributed by atoms with van der Waals surface area (Å²) in [6.45, 7) is 7.18. The molecule has 4 N–H and O–H groups in total. The third-order valence-electron chi connectivity index (χ3n) is 2.51. The standard InChI is InChI=1S/C13H17FN2O.C2H6/c1-8-5-12(14)10(7-13(8)16)3-4-11(15)6-9(2)17;1-2/h5-7H,3-4,15-16H2,1-2H3;1-2H3/b11-6-;. The molecule has 0 aromatic heterocycles. The maximum atomic E-state index is 13.6. The number of rotatable bonds is 4. The van der Waals surface area contributed by atoms with Gasteiger partial charge in [-0.25, -0.2) is 4.39 Å². The molecule has 0 atom stereocenters. The van der Waals surface area contributed by atoms with Crippen molar-refractivity contribution in [2.75, 3.05) is 5.73 Å². The molecule has 0 aliphatic heterocycles. The van der Waals surface area contributed by atoms with Crippen LogP contribution in [-0.4, -0.2) is 5.78 Å². The number of benzene rings is 1. The molecule has 0 radical (unpaired) electrons. The molecule has 1 aromatic rings. The minimum Gasteiger partial charge on any atom is -0.402 e. The van der Waals surface area contributed by atoms with Gasteiger partial charge in [0.25, 0.3) is 0 Å². The van der Waals surface area contributed by atoms with Crippen LogP contribution >= 0.6 is 0 Å². The summed E-state index contributed by atoms with van der Waals surface area (Å²) in [4.78, 5) is 10.8. The van der Waals surface area contributed by atoms with E-state index in [1.165, 1.54) is 19.1 Å². The number of nitrogen functional groups attached to an aromatic ring is 1. The molecule has 0 saturated heterocycles. The van der Waals surface area contributed by atoms with Crippen molar-refractivity contribution < 1.29 is 9.18 Å². The fourth-order valence-electron chi connectivity index (χ4n) is 1.54. The summed E-state index contributed by atoms with van der Waals surface area (Å²) in [6, 6.07) is 3.03. The number of hydrogen-bond donors (Lipinski definition) is 2. The molecule has 19 heavy (non-hydrogen) atoms. The van der Waals surface area contributed by atoms with Crippen LogP contribution in [0.5, 0.6) is 0 Å². The number of carbonyl (C=O) groups is 1. The van der Waals surface area contributed by atoms with E-state index in [0.717, 1.165) is 5.56 Å². The maximum Gasteiger partial charge on any atom is 0.154 e. The smallest absolute Gasteiger partial charge is 0.154 e. The average molecular weight is 266 g/mol. The van der Waals surface area contributed by atoms with Crippen LogP contribution in [0.1, 0.15) is 38.3 Å². The predicted molar refractivity (Wildman–Crippen MR) is 78.2 cm³/mol. The number of ketones is 1. The highest BCUT2D eigenvalue weighted by molar-refractivity contribution is 5.87. The van der Waals surface area contributed by atoms with Crippen LogP contribution in [0.2, 0.25) is 0 Å². The summed E-state index contributed by atoms with van der Waals surface area (Å²) in [6.07, 6.45) is 2.24. The fraction of sp³-hybridized carbons (Fsp3) is 0.400. The van der Waals surface area contributed by atoms with E-state index in [-0.39, 0.29) is 11.6 Å². The zero-order valence-corrected chi connectivity index (χ0v) is 12.1. The number of nitrogens with two attached hydrogens (primary N) is 2. The highest BCUT2D eigenvalue weighted by Crippen LogP contribution is 2.19. The van der Waals surface area contributed by atoms with Gasteiger partial charge in [0.15, 0.2) is 5.78 Å². The van der Waals surface area contributed by atoms with Gasteiger partial charge in [-0.3, -0.25) is 4.79 Å². The Morgan fingerprint density at radius 2 is 1.95 bits per heavy atom. The molecule has 0 spiro atoms. The third-order valence-corrected chi connectivity index (χ3v) is 2.51. The molecular weight excluding hydrogens is 243 g/mol. The Labute approximate surface area is 114 Å². The van der Waals surface area contributed by atoms with E-state index in [0.29, 0.717) is 29.8 Å². The second kappa shape index (κ2) is 8.29. The molecule has 0 aliphatic rings. The van der Waals surface area contributed by atoms with E-state index >= 15 is 0 Å². The Hall–Kier alpha value is -1.84. The van der Waals surface area contributed by atoms with Crippen LogP contribution < -0.4 is 11.5 Å². The van der Waals surface area contributed by atoms with Gasteiger partial charge in [0.1, 0.15) is 5.82 Å². The van der Waals surface area contributed by atoms with E-state index in [1.807, 2.05) is 13.8 Å². The Morgan fingerprint density at radius 3 is 2.47 bits per heavy atom. The number of carbonyl (C=O) groups excluding carboxylic acids is 1. The van der Waals surface area contributed by atoms with Gasteiger partial charge in [0, 0.05) is 11.4 Å². The first-order chi connectivity index (χ1) is 8.90. The van der Waals surface area contributed by atoms with Gasteiger partial charge in [0.2, 0.25) is 0 Å². The van der Waals surface area contributed by atoms with Crippen molar-refractivity contribution >= 4 is 11.5 Å². The van der Waals surface area contributed by atoms with Crippen molar-refractivity contribution in [1.82, 2.24) is 0 Å². The first-order valence-electron chi connectivity index (χ1n) is 6.41. The van der Waals surface area contributed by atoms with Crippen LogP contribution in [0, 0.1) is 12.7 Å². The molecule has 0 saturated carbocycles. The summed E-state index contributed by atoms with van der Waals surface area (Å²) in [5, 5.41) is 0. The number of anilines is 1. The zero-order chi connectivity index (χ0) is 15.0. The zero-order valence-electron chi connectivity index (χ0n) is 12.1.